The Labute approximate surface area is 174 Å². The van der Waals surface area contributed by atoms with Gasteiger partial charge in [0.1, 0.15) is 6.23 Å². The number of fused-ring (bicyclic) bond motifs is 1. The number of hydrogen-bond donors (Lipinski definition) is 3. The van der Waals surface area contributed by atoms with E-state index in [0.29, 0.717) is 0 Å². The summed E-state index contributed by atoms with van der Waals surface area (Å²) in [5.74, 6) is 0. The zero-order valence-corrected chi connectivity index (χ0v) is 17.3. The Morgan fingerprint density at radius 1 is 1.28 bits per heavy atom. The van der Waals surface area contributed by atoms with Gasteiger partial charge in [-0.1, -0.05) is 42.1 Å². The molecule has 3 aromatic rings. The molecule has 0 bridgehead atoms. The van der Waals surface area contributed by atoms with Crippen LogP contribution in [0.1, 0.15) is 30.8 Å². The van der Waals surface area contributed by atoms with Crippen LogP contribution in [0.25, 0.3) is 17.0 Å². The molecule has 0 amide bonds. The van der Waals surface area contributed by atoms with Gasteiger partial charge in [0.05, 0.1) is 16.7 Å². The van der Waals surface area contributed by atoms with Gasteiger partial charge < -0.3 is 5.11 Å². The fourth-order valence-corrected chi connectivity index (χ4v) is 4.31. The van der Waals surface area contributed by atoms with E-state index in [1.165, 1.54) is 0 Å². The first-order valence-corrected chi connectivity index (χ1v) is 10.4. The Kier molecular flexibility index (Phi) is 5.67. The van der Waals surface area contributed by atoms with Gasteiger partial charge in [0, 0.05) is 27.0 Å². The molecule has 2 unspecified atom stereocenters. The van der Waals surface area contributed by atoms with E-state index in [1.54, 1.807) is 18.8 Å². The summed E-state index contributed by atoms with van der Waals surface area (Å²) in [5.41, 5.74) is 2.55. The van der Waals surface area contributed by atoms with Gasteiger partial charge in [-0.3, -0.25) is 15.4 Å². The molecule has 1 aliphatic rings. The molecule has 0 saturated heterocycles. The Morgan fingerprint density at radius 3 is 2.93 bits per heavy atom. The molecule has 6 heteroatoms. The second-order valence-corrected chi connectivity index (χ2v) is 8.36. The van der Waals surface area contributed by atoms with Gasteiger partial charge in [0.25, 0.3) is 0 Å². The van der Waals surface area contributed by atoms with Crippen molar-refractivity contribution in [3.8, 4) is 0 Å². The third-order valence-electron chi connectivity index (χ3n) is 5.00. The maximum Gasteiger partial charge on any atom is 0.131 e. The summed E-state index contributed by atoms with van der Waals surface area (Å²) < 4.78 is 0. The van der Waals surface area contributed by atoms with Crippen LogP contribution in [0.15, 0.2) is 75.5 Å². The number of nitrogens with one attached hydrogen (secondary N) is 2. The number of hydrogen-bond acceptors (Lipinski definition) is 5. The van der Waals surface area contributed by atoms with Crippen LogP contribution in [0.5, 0.6) is 0 Å². The van der Waals surface area contributed by atoms with Crippen LogP contribution in [0.2, 0.25) is 0 Å². The van der Waals surface area contributed by atoms with Crippen molar-refractivity contribution in [3.05, 3.63) is 72.0 Å². The van der Waals surface area contributed by atoms with Crippen molar-refractivity contribution in [2.24, 2.45) is 4.99 Å². The lowest BCUT2D eigenvalue weighted by atomic mass is 9.95. The van der Waals surface area contributed by atoms with Crippen molar-refractivity contribution < 1.29 is 5.11 Å². The molecule has 4 rings (SSSR count). The van der Waals surface area contributed by atoms with Crippen molar-refractivity contribution in [2.45, 2.75) is 34.9 Å². The lowest BCUT2D eigenvalue weighted by Gasteiger charge is -2.20. The SMILES string of the molecule is CNC(O)c1ccccc1Sc1ccc2c(/C=C/C3(C)CC=CC=N3)n[nH]c2c1. The molecule has 2 atom stereocenters. The zero-order valence-electron chi connectivity index (χ0n) is 16.5. The molecule has 0 radical (unpaired) electrons. The van der Waals surface area contributed by atoms with E-state index >= 15 is 0 Å². The van der Waals surface area contributed by atoms with Gasteiger partial charge >= 0.3 is 0 Å². The van der Waals surface area contributed by atoms with Crippen LogP contribution in [-0.4, -0.2) is 34.1 Å². The number of aromatic nitrogens is 2. The van der Waals surface area contributed by atoms with Crippen molar-refractivity contribution in [1.82, 2.24) is 15.5 Å². The quantitative estimate of drug-likeness (QED) is 0.520. The molecule has 0 fully saturated rings. The molecular formula is C23H24N4OS. The average Bonchev–Trinajstić information content (AvgIpc) is 3.15. The summed E-state index contributed by atoms with van der Waals surface area (Å²) in [6.45, 7) is 2.12. The number of aromatic amines is 1. The number of aliphatic imine (C=N–C) groups is 1. The summed E-state index contributed by atoms with van der Waals surface area (Å²) in [4.78, 5) is 6.67. The first-order chi connectivity index (χ1) is 14.1. The summed E-state index contributed by atoms with van der Waals surface area (Å²) in [5, 5.41) is 21.8. The molecule has 2 aromatic carbocycles. The van der Waals surface area contributed by atoms with E-state index < -0.39 is 6.23 Å². The summed E-state index contributed by atoms with van der Waals surface area (Å²) in [7, 11) is 1.74. The first-order valence-electron chi connectivity index (χ1n) is 9.58. The smallest absolute Gasteiger partial charge is 0.131 e. The highest BCUT2D eigenvalue weighted by Gasteiger charge is 2.19. The molecule has 5 nitrogen and oxygen atoms in total. The summed E-state index contributed by atoms with van der Waals surface area (Å²) in [6, 6.07) is 14.1. The van der Waals surface area contributed by atoms with Crippen LogP contribution in [0.3, 0.4) is 0 Å². The van der Waals surface area contributed by atoms with Crippen molar-refractivity contribution >= 4 is 35.0 Å². The number of nitrogens with zero attached hydrogens (tertiary/aromatic N) is 2. The number of benzene rings is 2. The fraction of sp³-hybridized carbons (Fsp3) is 0.217. The highest BCUT2D eigenvalue weighted by atomic mass is 32.2. The first kappa shape index (κ1) is 19.6. The number of aliphatic hydroxyl groups is 1. The minimum atomic E-state index is -0.690. The average molecular weight is 405 g/mol. The maximum absolute atomic E-state index is 10.2. The van der Waals surface area contributed by atoms with Gasteiger partial charge in [-0.2, -0.15) is 5.10 Å². The number of aliphatic hydroxyl groups excluding tert-OH is 1. The molecule has 1 aromatic heterocycles. The van der Waals surface area contributed by atoms with Crippen molar-refractivity contribution in [3.63, 3.8) is 0 Å². The van der Waals surface area contributed by atoms with Crippen molar-refractivity contribution in [1.29, 1.82) is 0 Å². The molecule has 148 valence electrons. The lowest BCUT2D eigenvalue weighted by molar-refractivity contribution is 0.146. The second kappa shape index (κ2) is 8.37. The van der Waals surface area contributed by atoms with Gasteiger partial charge in [0.15, 0.2) is 0 Å². The zero-order chi connectivity index (χ0) is 20.3. The predicted octanol–water partition coefficient (Wildman–Crippen LogP) is 4.73. The Morgan fingerprint density at radius 2 is 2.14 bits per heavy atom. The normalized spacial score (nSPS) is 20.0. The topological polar surface area (TPSA) is 73.3 Å². The van der Waals surface area contributed by atoms with Gasteiger partial charge in [-0.05, 0) is 56.8 Å². The largest absolute Gasteiger partial charge is 0.374 e. The van der Waals surface area contributed by atoms with Crippen molar-refractivity contribution in [2.75, 3.05) is 7.05 Å². The van der Waals surface area contributed by atoms with Crippen LogP contribution >= 0.6 is 11.8 Å². The second-order valence-electron chi connectivity index (χ2n) is 7.25. The monoisotopic (exact) mass is 404 g/mol. The van der Waals surface area contributed by atoms with Crippen LogP contribution in [0, 0.1) is 0 Å². The number of dihydropyridines is 1. The number of rotatable bonds is 6. The van der Waals surface area contributed by atoms with Crippen LogP contribution < -0.4 is 5.32 Å². The molecular weight excluding hydrogens is 380 g/mol. The van der Waals surface area contributed by atoms with E-state index in [9.17, 15) is 5.11 Å². The Bertz CT molecular complexity index is 1100. The minimum absolute atomic E-state index is 0.215. The van der Waals surface area contributed by atoms with E-state index in [2.05, 4.69) is 57.8 Å². The van der Waals surface area contributed by atoms with E-state index in [4.69, 9.17) is 0 Å². The Balaban J connectivity index is 1.58. The number of allylic oxidation sites excluding steroid dienone is 1. The van der Waals surface area contributed by atoms with Gasteiger partial charge in [-0.25, -0.2) is 0 Å². The molecule has 29 heavy (non-hydrogen) atoms. The molecule has 0 aliphatic carbocycles. The maximum atomic E-state index is 10.2. The highest BCUT2D eigenvalue weighted by molar-refractivity contribution is 7.99. The summed E-state index contributed by atoms with van der Waals surface area (Å²) in [6.07, 6.45) is 10.3. The van der Waals surface area contributed by atoms with Gasteiger partial charge in [-0.15, -0.1) is 0 Å². The predicted molar refractivity (Wildman–Crippen MR) is 120 cm³/mol. The molecule has 3 N–H and O–H groups in total. The fourth-order valence-electron chi connectivity index (χ4n) is 3.30. The third kappa shape index (κ3) is 4.34. The molecule has 1 aliphatic heterocycles. The summed E-state index contributed by atoms with van der Waals surface area (Å²) >= 11 is 1.62. The van der Waals surface area contributed by atoms with Crippen LogP contribution in [0.4, 0.5) is 0 Å². The third-order valence-corrected chi connectivity index (χ3v) is 6.08. The number of H-pyrrole nitrogens is 1. The highest BCUT2D eigenvalue weighted by Crippen LogP contribution is 2.34. The van der Waals surface area contributed by atoms with E-state index in [-0.39, 0.29) is 5.54 Å². The van der Waals surface area contributed by atoms with Crippen LogP contribution in [-0.2, 0) is 0 Å². The molecule has 0 spiro atoms. The standard InChI is InChI=1S/C23H24N4OS/c1-23(12-5-6-14-25-23)13-11-19-17-10-9-16(15-20(17)27-26-19)29-21-8-4-3-7-18(21)22(28)24-2/h3-11,13-15,22,24,28H,12H2,1-2H3,(H,26,27)/b13-11+. The minimum Gasteiger partial charge on any atom is -0.374 e. The molecule has 0 saturated carbocycles. The lowest BCUT2D eigenvalue weighted by Crippen LogP contribution is -2.19. The van der Waals surface area contributed by atoms with Gasteiger partial charge in [0.2, 0.25) is 0 Å². The Hall–Kier alpha value is -2.67. The van der Waals surface area contributed by atoms with E-state index in [1.807, 2.05) is 42.6 Å². The van der Waals surface area contributed by atoms with E-state index in [0.717, 1.165) is 38.4 Å². The molecule has 2 heterocycles.